The molecule has 2 aliphatic rings. The molecular weight excluding hydrogens is 240 g/mol. The van der Waals surface area contributed by atoms with E-state index >= 15 is 0 Å². The fourth-order valence-corrected chi connectivity index (χ4v) is 2.77. The van der Waals surface area contributed by atoms with Crippen molar-refractivity contribution >= 4 is 0 Å². The van der Waals surface area contributed by atoms with Crippen LogP contribution >= 0.6 is 0 Å². The van der Waals surface area contributed by atoms with Crippen LogP contribution in [0.5, 0.6) is 11.5 Å². The zero-order valence-corrected chi connectivity index (χ0v) is 11.6. The highest BCUT2D eigenvalue weighted by Gasteiger charge is 2.16. The predicted octanol–water partition coefficient (Wildman–Crippen LogP) is 1.21. The molecule has 0 atom stereocenters. The smallest absolute Gasteiger partial charge is 0.164 e. The molecule has 0 amide bonds. The molecule has 1 aromatic carbocycles. The second-order valence-corrected chi connectivity index (χ2v) is 5.28. The molecule has 0 spiro atoms. The maximum absolute atomic E-state index is 5.69. The van der Waals surface area contributed by atoms with Crippen LogP contribution in [-0.2, 0) is 6.42 Å². The number of aryl methyl sites for hydroxylation is 1. The molecular formula is C15H22N2O2. The van der Waals surface area contributed by atoms with Crippen molar-refractivity contribution in [2.75, 3.05) is 45.9 Å². The number of nitrogens with zero attached hydrogens (tertiary/aromatic N) is 1. The Hall–Kier alpha value is -1.26. The average Bonchev–Trinajstić information content (AvgIpc) is 2.46. The Labute approximate surface area is 114 Å². The summed E-state index contributed by atoms with van der Waals surface area (Å²) in [6, 6.07) is 4.37. The summed E-state index contributed by atoms with van der Waals surface area (Å²) < 4.78 is 11.3. The number of hydrogen-bond acceptors (Lipinski definition) is 4. The second-order valence-electron chi connectivity index (χ2n) is 5.28. The molecule has 3 rings (SSSR count). The Morgan fingerprint density at radius 3 is 2.79 bits per heavy atom. The van der Waals surface area contributed by atoms with Crippen LogP contribution in [0.15, 0.2) is 12.1 Å². The molecule has 0 aromatic heterocycles. The van der Waals surface area contributed by atoms with E-state index in [1.807, 2.05) is 0 Å². The van der Waals surface area contributed by atoms with E-state index in [-0.39, 0.29) is 0 Å². The van der Waals surface area contributed by atoms with Gasteiger partial charge in [0.25, 0.3) is 0 Å². The van der Waals surface area contributed by atoms with Crippen LogP contribution in [0, 0.1) is 6.92 Å². The highest BCUT2D eigenvalue weighted by atomic mass is 16.6. The number of fused-ring (bicyclic) bond motifs is 1. The molecule has 4 heteroatoms. The minimum absolute atomic E-state index is 0.660. The fourth-order valence-electron chi connectivity index (χ4n) is 2.77. The minimum Gasteiger partial charge on any atom is -0.486 e. The largest absolute Gasteiger partial charge is 0.486 e. The highest BCUT2D eigenvalue weighted by molar-refractivity contribution is 5.49. The van der Waals surface area contributed by atoms with Crippen LogP contribution in [0.2, 0.25) is 0 Å². The van der Waals surface area contributed by atoms with Gasteiger partial charge < -0.3 is 19.7 Å². The summed E-state index contributed by atoms with van der Waals surface area (Å²) in [6.07, 6.45) is 1.08. The van der Waals surface area contributed by atoms with Gasteiger partial charge in [0.2, 0.25) is 0 Å². The molecule has 0 saturated carbocycles. The quantitative estimate of drug-likeness (QED) is 0.888. The van der Waals surface area contributed by atoms with Gasteiger partial charge in [0.1, 0.15) is 13.2 Å². The standard InChI is InChI=1S/C15H22N2O2/c1-12-10-13(2-5-17-6-3-16-4-7-17)11-14-15(12)19-9-8-18-14/h10-11,16H,2-9H2,1H3. The van der Waals surface area contributed by atoms with Gasteiger partial charge in [0.05, 0.1) is 0 Å². The first kappa shape index (κ1) is 12.8. The molecule has 0 aliphatic carbocycles. The predicted molar refractivity (Wildman–Crippen MR) is 75.2 cm³/mol. The lowest BCUT2D eigenvalue weighted by Gasteiger charge is -2.27. The molecule has 4 nitrogen and oxygen atoms in total. The van der Waals surface area contributed by atoms with Gasteiger partial charge in [-0.3, -0.25) is 0 Å². The summed E-state index contributed by atoms with van der Waals surface area (Å²) in [4.78, 5) is 2.52. The van der Waals surface area contributed by atoms with Crippen LogP contribution in [0.4, 0.5) is 0 Å². The van der Waals surface area contributed by atoms with Crippen molar-refractivity contribution in [2.24, 2.45) is 0 Å². The van der Waals surface area contributed by atoms with Crippen molar-refractivity contribution in [3.05, 3.63) is 23.3 Å². The molecule has 0 bridgehead atoms. The summed E-state index contributed by atoms with van der Waals surface area (Å²) in [5.41, 5.74) is 2.53. The summed E-state index contributed by atoms with van der Waals surface area (Å²) >= 11 is 0. The molecule has 1 saturated heterocycles. The number of nitrogens with one attached hydrogen (secondary N) is 1. The Kier molecular flexibility index (Phi) is 3.89. The van der Waals surface area contributed by atoms with E-state index in [0.29, 0.717) is 13.2 Å². The average molecular weight is 262 g/mol. The molecule has 1 N–H and O–H groups in total. The first-order valence-electron chi connectivity index (χ1n) is 7.15. The van der Waals surface area contributed by atoms with Crippen molar-refractivity contribution in [1.29, 1.82) is 0 Å². The van der Waals surface area contributed by atoms with Crippen LogP contribution in [0.1, 0.15) is 11.1 Å². The zero-order valence-electron chi connectivity index (χ0n) is 11.6. The third-order valence-corrected chi connectivity index (χ3v) is 3.81. The molecule has 1 aromatic rings. The normalized spacial score (nSPS) is 19.4. The Balaban J connectivity index is 1.65. The molecule has 2 aliphatic heterocycles. The van der Waals surface area contributed by atoms with Crippen LogP contribution in [0.3, 0.4) is 0 Å². The van der Waals surface area contributed by atoms with Gasteiger partial charge in [-0.25, -0.2) is 0 Å². The molecule has 0 radical (unpaired) electrons. The van der Waals surface area contributed by atoms with E-state index < -0.39 is 0 Å². The van der Waals surface area contributed by atoms with Gasteiger partial charge in [-0.1, -0.05) is 6.07 Å². The van der Waals surface area contributed by atoms with Gasteiger partial charge in [0.15, 0.2) is 11.5 Å². The monoisotopic (exact) mass is 262 g/mol. The first-order chi connectivity index (χ1) is 9.33. The van der Waals surface area contributed by atoms with Gasteiger partial charge in [-0.2, -0.15) is 0 Å². The van der Waals surface area contributed by atoms with Crippen molar-refractivity contribution in [2.45, 2.75) is 13.3 Å². The molecule has 1 fully saturated rings. The van der Waals surface area contributed by atoms with Gasteiger partial charge in [-0.05, 0) is 30.5 Å². The molecule has 0 unspecified atom stereocenters. The number of rotatable bonds is 3. The minimum atomic E-state index is 0.660. The number of piperazine rings is 1. The van der Waals surface area contributed by atoms with E-state index in [2.05, 4.69) is 29.3 Å². The van der Waals surface area contributed by atoms with Crippen molar-refractivity contribution < 1.29 is 9.47 Å². The third-order valence-electron chi connectivity index (χ3n) is 3.81. The highest BCUT2D eigenvalue weighted by Crippen LogP contribution is 2.34. The van der Waals surface area contributed by atoms with E-state index in [4.69, 9.17) is 9.47 Å². The summed E-state index contributed by atoms with van der Waals surface area (Å²) in [5.74, 6) is 1.85. The van der Waals surface area contributed by atoms with Crippen LogP contribution in [-0.4, -0.2) is 50.8 Å². The number of hydrogen-bond donors (Lipinski definition) is 1. The van der Waals surface area contributed by atoms with Crippen LogP contribution in [0.25, 0.3) is 0 Å². The molecule has 2 heterocycles. The summed E-state index contributed by atoms with van der Waals surface area (Å²) in [5, 5.41) is 3.38. The van der Waals surface area contributed by atoms with Crippen molar-refractivity contribution in [3.8, 4) is 11.5 Å². The first-order valence-corrected chi connectivity index (χ1v) is 7.15. The molecule has 104 valence electrons. The summed E-state index contributed by atoms with van der Waals surface area (Å²) in [7, 11) is 0. The molecule has 19 heavy (non-hydrogen) atoms. The number of benzene rings is 1. The third kappa shape index (κ3) is 3.01. The van der Waals surface area contributed by atoms with Crippen molar-refractivity contribution in [1.82, 2.24) is 10.2 Å². The topological polar surface area (TPSA) is 33.7 Å². The van der Waals surface area contributed by atoms with Gasteiger partial charge >= 0.3 is 0 Å². The van der Waals surface area contributed by atoms with Gasteiger partial charge in [-0.15, -0.1) is 0 Å². The van der Waals surface area contributed by atoms with Crippen LogP contribution < -0.4 is 14.8 Å². The fraction of sp³-hybridized carbons (Fsp3) is 0.600. The Bertz CT molecular complexity index is 442. The SMILES string of the molecule is Cc1cc(CCN2CCNCC2)cc2c1OCCO2. The lowest BCUT2D eigenvalue weighted by atomic mass is 10.1. The van der Waals surface area contributed by atoms with E-state index in [1.165, 1.54) is 11.1 Å². The maximum Gasteiger partial charge on any atom is 0.164 e. The zero-order chi connectivity index (χ0) is 13.1. The number of ether oxygens (including phenoxy) is 2. The van der Waals surface area contributed by atoms with Crippen molar-refractivity contribution in [3.63, 3.8) is 0 Å². The Morgan fingerprint density at radius 1 is 1.16 bits per heavy atom. The van der Waals surface area contributed by atoms with E-state index in [0.717, 1.165) is 50.6 Å². The lowest BCUT2D eigenvalue weighted by Crippen LogP contribution is -2.44. The van der Waals surface area contributed by atoms with Gasteiger partial charge in [0, 0.05) is 32.7 Å². The summed E-state index contributed by atoms with van der Waals surface area (Å²) in [6.45, 7) is 9.08. The van der Waals surface area contributed by atoms with E-state index in [9.17, 15) is 0 Å². The van der Waals surface area contributed by atoms with E-state index in [1.54, 1.807) is 0 Å². The Morgan fingerprint density at radius 2 is 1.95 bits per heavy atom. The second kappa shape index (κ2) is 5.80. The maximum atomic E-state index is 5.69. The lowest BCUT2D eigenvalue weighted by molar-refractivity contribution is 0.170.